The van der Waals surface area contributed by atoms with Crippen molar-refractivity contribution < 1.29 is 0 Å². The summed E-state index contributed by atoms with van der Waals surface area (Å²) in [5, 5.41) is 5.94. The minimum atomic E-state index is 0.369. The smallest absolute Gasteiger partial charge is 0.0201 e. The standard InChI is InChI=1S/C15H26N2S/c1-15(2,3)11-16-13-8-12(9-17(4)10-13)14-6-5-7-18-14/h5-7,12-13,16H,8-11H2,1-4H3. The molecule has 1 aromatic heterocycles. The Morgan fingerprint density at radius 3 is 2.78 bits per heavy atom. The first-order valence-electron chi connectivity index (χ1n) is 6.89. The Bertz CT molecular complexity index is 353. The maximum Gasteiger partial charge on any atom is 0.0201 e. The van der Waals surface area contributed by atoms with E-state index >= 15 is 0 Å². The summed E-state index contributed by atoms with van der Waals surface area (Å²) in [6.07, 6.45) is 1.28. The number of likely N-dealkylation sites (N-methyl/N-ethyl adjacent to an activating group) is 1. The van der Waals surface area contributed by atoms with Crippen molar-refractivity contribution in [1.82, 2.24) is 10.2 Å². The predicted octanol–water partition coefficient (Wildman–Crippen LogP) is 3.17. The zero-order valence-corrected chi connectivity index (χ0v) is 12.9. The molecule has 2 rings (SSSR count). The van der Waals surface area contributed by atoms with Crippen LogP contribution in [0, 0.1) is 5.41 Å². The molecule has 2 atom stereocenters. The summed E-state index contributed by atoms with van der Waals surface area (Å²) >= 11 is 1.90. The van der Waals surface area contributed by atoms with Gasteiger partial charge in [0.15, 0.2) is 0 Å². The van der Waals surface area contributed by atoms with Crippen LogP contribution < -0.4 is 5.32 Å². The molecule has 3 heteroatoms. The fourth-order valence-corrected chi connectivity index (χ4v) is 3.48. The van der Waals surface area contributed by atoms with E-state index in [9.17, 15) is 0 Å². The molecule has 1 saturated heterocycles. The molecule has 0 aliphatic carbocycles. The van der Waals surface area contributed by atoms with Crippen molar-refractivity contribution in [3.8, 4) is 0 Å². The Kier molecular flexibility index (Phi) is 4.46. The highest BCUT2D eigenvalue weighted by molar-refractivity contribution is 7.10. The zero-order valence-electron chi connectivity index (χ0n) is 12.1. The van der Waals surface area contributed by atoms with Crippen LogP contribution in [-0.2, 0) is 0 Å². The first kappa shape index (κ1) is 14.0. The molecule has 0 radical (unpaired) electrons. The van der Waals surface area contributed by atoms with Gasteiger partial charge in [0, 0.05) is 36.5 Å². The highest BCUT2D eigenvalue weighted by Gasteiger charge is 2.27. The first-order chi connectivity index (χ1) is 8.44. The number of nitrogens with one attached hydrogen (secondary N) is 1. The summed E-state index contributed by atoms with van der Waals surface area (Å²) in [6.45, 7) is 10.4. The molecule has 0 saturated carbocycles. The molecule has 1 aromatic rings. The molecule has 2 heterocycles. The minimum absolute atomic E-state index is 0.369. The first-order valence-corrected chi connectivity index (χ1v) is 7.77. The Morgan fingerprint density at radius 1 is 1.39 bits per heavy atom. The van der Waals surface area contributed by atoms with Crippen LogP contribution >= 0.6 is 11.3 Å². The lowest BCUT2D eigenvalue weighted by Gasteiger charge is -2.37. The van der Waals surface area contributed by atoms with Crippen molar-refractivity contribution in [3.63, 3.8) is 0 Å². The van der Waals surface area contributed by atoms with Crippen molar-refractivity contribution in [3.05, 3.63) is 22.4 Å². The number of hydrogen-bond donors (Lipinski definition) is 1. The lowest BCUT2D eigenvalue weighted by atomic mass is 9.91. The summed E-state index contributed by atoms with van der Waals surface area (Å²) < 4.78 is 0. The van der Waals surface area contributed by atoms with Crippen LogP contribution in [0.4, 0.5) is 0 Å². The van der Waals surface area contributed by atoms with Gasteiger partial charge in [-0.3, -0.25) is 0 Å². The van der Waals surface area contributed by atoms with Gasteiger partial charge in [-0.1, -0.05) is 26.8 Å². The average Bonchev–Trinajstić information content (AvgIpc) is 2.78. The van der Waals surface area contributed by atoms with Crippen LogP contribution in [0.1, 0.15) is 38.0 Å². The zero-order chi connectivity index (χ0) is 13.2. The maximum atomic E-state index is 3.75. The van der Waals surface area contributed by atoms with Gasteiger partial charge in [-0.25, -0.2) is 0 Å². The Labute approximate surface area is 115 Å². The van der Waals surface area contributed by atoms with E-state index in [1.807, 2.05) is 11.3 Å². The van der Waals surface area contributed by atoms with Gasteiger partial charge in [-0.2, -0.15) is 0 Å². The van der Waals surface area contributed by atoms with E-state index < -0.39 is 0 Å². The maximum absolute atomic E-state index is 3.75. The number of rotatable bonds is 3. The van der Waals surface area contributed by atoms with Crippen LogP contribution in [0.3, 0.4) is 0 Å². The number of piperidine rings is 1. The molecule has 1 aliphatic heterocycles. The predicted molar refractivity (Wildman–Crippen MR) is 80.4 cm³/mol. The topological polar surface area (TPSA) is 15.3 Å². The molecule has 2 unspecified atom stereocenters. The fraction of sp³-hybridized carbons (Fsp3) is 0.733. The molecule has 0 aromatic carbocycles. The molecule has 1 aliphatic rings. The lowest BCUT2D eigenvalue weighted by Crippen LogP contribution is -2.48. The van der Waals surface area contributed by atoms with Crippen LogP contribution in [0.25, 0.3) is 0 Å². The molecule has 0 spiro atoms. The van der Waals surface area contributed by atoms with Gasteiger partial charge in [0.1, 0.15) is 0 Å². The molecule has 0 amide bonds. The van der Waals surface area contributed by atoms with Gasteiger partial charge < -0.3 is 10.2 Å². The summed E-state index contributed by atoms with van der Waals surface area (Å²) in [5.41, 5.74) is 0.369. The van der Waals surface area contributed by atoms with E-state index in [2.05, 4.69) is 55.5 Å². The lowest BCUT2D eigenvalue weighted by molar-refractivity contribution is 0.195. The van der Waals surface area contributed by atoms with Gasteiger partial charge in [-0.05, 0) is 30.3 Å². The highest BCUT2D eigenvalue weighted by Crippen LogP contribution is 2.29. The van der Waals surface area contributed by atoms with E-state index in [1.165, 1.54) is 19.5 Å². The van der Waals surface area contributed by atoms with E-state index in [0.29, 0.717) is 17.4 Å². The number of likely N-dealkylation sites (tertiary alicyclic amines) is 1. The molecule has 1 fully saturated rings. The van der Waals surface area contributed by atoms with Crippen molar-refractivity contribution in [2.24, 2.45) is 5.41 Å². The molecule has 102 valence electrons. The third-order valence-electron chi connectivity index (χ3n) is 3.50. The van der Waals surface area contributed by atoms with Gasteiger partial charge in [0.05, 0.1) is 0 Å². The molecule has 0 bridgehead atoms. The van der Waals surface area contributed by atoms with Crippen molar-refractivity contribution in [2.75, 3.05) is 26.7 Å². The largest absolute Gasteiger partial charge is 0.312 e. The highest BCUT2D eigenvalue weighted by atomic mass is 32.1. The summed E-state index contributed by atoms with van der Waals surface area (Å²) in [7, 11) is 2.24. The quantitative estimate of drug-likeness (QED) is 0.904. The van der Waals surface area contributed by atoms with Gasteiger partial charge in [0.25, 0.3) is 0 Å². The fourth-order valence-electron chi connectivity index (χ4n) is 2.65. The third-order valence-corrected chi connectivity index (χ3v) is 4.53. The van der Waals surface area contributed by atoms with Gasteiger partial charge >= 0.3 is 0 Å². The molecule has 18 heavy (non-hydrogen) atoms. The number of thiophene rings is 1. The summed E-state index contributed by atoms with van der Waals surface area (Å²) in [5.74, 6) is 0.709. The minimum Gasteiger partial charge on any atom is -0.312 e. The molecular formula is C15H26N2S. The van der Waals surface area contributed by atoms with Gasteiger partial charge in [0.2, 0.25) is 0 Å². The Hall–Kier alpha value is -0.380. The summed E-state index contributed by atoms with van der Waals surface area (Å²) in [4.78, 5) is 4.01. The van der Waals surface area contributed by atoms with Crippen LogP contribution in [-0.4, -0.2) is 37.6 Å². The second-order valence-electron chi connectivity index (χ2n) is 6.81. The van der Waals surface area contributed by atoms with E-state index in [1.54, 1.807) is 4.88 Å². The number of hydrogen-bond acceptors (Lipinski definition) is 3. The molecule has 1 N–H and O–H groups in total. The molecule has 2 nitrogen and oxygen atoms in total. The van der Waals surface area contributed by atoms with Crippen LogP contribution in [0.5, 0.6) is 0 Å². The Morgan fingerprint density at radius 2 is 2.17 bits per heavy atom. The van der Waals surface area contributed by atoms with Crippen molar-refractivity contribution in [2.45, 2.75) is 39.2 Å². The second-order valence-corrected chi connectivity index (χ2v) is 7.79. The van der Waals surface area contributed by atoms with Crippen molar-refractivity contribution >= 4 is 11.3 Å². The SMILES string of the molecule is CN1CC(NCC(C)(C)C)CC(c2cccs2)C1. The van der Waals surface area contributed by atoms with Crippen LogP contribution in [0.15, 0.2) is 17.5 Å². The Balaban J connectivity index is 1.92. The van der Waals surface area contributed by atoms with Crippen LogP contribution in [0.2, 0.25) is 0 Å². The monoisotopic (exact) mass is 266 g/mol. The average molecular weight is 266 g/mol. The second kappa shape index (κ2) is 5.72. The van der Waals surface area contributed by atoms with E-state index in [-0.39, 0.29) is 0 Å². The van der Waals surface area contributed by atoms with Gasteiger partial charge in [-0.15, -0.1) is 11.3 Å². The third kappa shape index (κ3) is 4.08. The van der Waals surface area contributed by atoms with E-state index in [0.717, 1.165) is 6.54 Å². The summed E-state index contributed by atoms with van der Waals surface area (Å²) in [6, 6.07) is 5.09. The normalized spacial score (nSPS) is 26.4. The van der Waals surface area contributed by atoms with E-state index in [4.69, 9.17) is 0 Å². The van der Waals surface area contributed by atoms with Crippen molar-refractivity contribution in [1.29, 1.82) is 0 Å². The number of nitrogens with zero attached hydrogens (tertiary/aromatic N) is 1. The molecular weight excluding hydrogens is 240 g/mol.